The Labute approximate surface area is 127 Å². The van der Waals surface area contributed by atoms with E-state index >= 15 is 0 Å². The van der Waals surface area contributed by atoms with Crippen LogP contribution in [0.2, 0.25) is 0 Å². The Hall–Kier alpha value is -2.42. The van der Waals surface area contributed by atoms with Crippen molar-refractivity contribution in [3.8, 4) is 0 Å². The maximum atomic E-state index is 12.6. The van der Waals surface area contributed by atoms with E-state index in [2.05, 4.69) is 10.1 Å². The van der Waals surface area contributed by atoms with Crippen molar-refractivity contribution in [3.63, 3.8) is 0 Å². The molecule has 22 heavy (non-hydrogen) atoms. The van der Waals surface area contributed by atoms with Crippen LogP contribution in [0.15, 0.2) is 27.2 Å². The lowest BCUT2D eigenvalue weighted by Gasteiger charge is -2.16. The van der Waals surface area contributed by atoms with E-state index in [9.17, 15) is 18.4 Å². The number of aryl methyl sites for hydroxylation is 1. The van der Waals surface area contributed by atoms with Gasteiger partial charge in [0.05, 0.1) is 4.90 Å². The molecule has 1 aliphatic heterocycles. The van der Waals surface area contributed by atoms with Gasteiger partial charge in [-0.25, -0.2) is 8.42 Å². The van der Waals surface area contributed by atoms with Gasteiger partial charge in [0, 0.05) is 11.1 Å². The van der Waals surface area contributed by atoms with E-state index in [1.54, 1.807) is 6.92 Å². The average molecular weight is 324 g/mol. The van der Waals surface area contributed by atoms with Gasteiger partial charge < -0.3 is 16.7 Å². The fourth-order valence-corrected chi connectivity index (χ4v) is 4.08. The molecule has 0 unspecified atom stereocenters. The van der Waals surface area contributed by atoms with Crippen LogP contribution in [-0.4, -0.2) is 36.0 Å². The predicted molar refractivity (Wildman–Crippen MR) is 80.9 cm³/mol. The van der Waals surface area contributed by atoms with Crippen LogP contribution in [0.3, 0.4) is 0 Å². The number of sulfone groups is 1. The summed E-state index contributed by atoms with van der Waals surface area (Å²) in [5, 5.41) is 12.3. The molecule has 1 aromatic rings. The first-order valence-electron chi connectivity index (χ1n) is 6.30. The largest absolute Gasteiger partial charge is 0.411 e. The Kier molecular flexibility index (Phi) is 3.48. The zero-order valence-corrected chi connectivity index (χ0v) is 13.1. The molecule has 0 fully saturated rings. The van der Waals surface area contributed by atoms with Crippen LogP contribution >= 0.6 is 0 Å². The standard InChI is InChI=1S/C13H16N4O4S/c1-6-4-8-9(5-7(6)11(18)16-12(14)15)22(20,21)13(2,3)10(8)17-19/h4-5,19H,1-3H3,(H4,14,15,16,18)/b17-10-. The molecule has 0 saturated heterocycles. The lowest BCUT2D eigenvalue weighted by molar-refractivity contribution is 0.100. The molecule has 0 aliphatic carbocycles. The summed E-state index contributed by atoms with van der Waals surface area (Å²) in [4.78, 5) is 15.3. The van der Waals surface area contributed by atoms with Crippen molar-refractivity contribution in [1.29, 1.82) is 0 Å². The number of fused-ring (bicyclic) bond motifs is 1. The number of rotatable bonds is 1. The quantitative estimate of drug-likeness (QED) is 0.290. The Balaban J connectivity index is 2.79. The Morgan fingerprint density at radius 1 is 1.27 bits per heavy atom. The van der Waals surface area contributed by atoms with E-state index in [4.69, 9.17) is 11.5 Å². The number of amides is 1. The number of oxime groups is 1. The third-order valence-corrected chi connectivity index (χ3v) is 6.13. The second-order valence-electron chi connectivity index (χ2n) is 5.47. The van der Waals surface area contributed by atoms with E-state index < -0.39 is 26.5 Å². The van der Waals surface area contributed by atoms with Crippen molar-refractivity contribution in [2.75, 3.05) is 0 Å². The van der Waals surface area contributed by atoms with Gasteiger partial charge in [-0.05, 0) is 38.5 Å². The van der Waals surface area contributed by atoms with Gasteiger partial charge in [0.25, 0.3) is 5.91 Å². The van der Waals surface area contributed by atoms with Crippen LogP contribution < -0.4 is 11.5 Å². The maximum Gasteiger partial charge on any atom is 0.280 e. The fraction of sp³-hybridized carbons (Fsp3) is 0.308. The topological polar surface area (TPSA) is 148 Å². The highest BCUT2D eigenvalue weighted by Crippen LogP contribution is 2.40. The number of hydrogen-bond donors (Lipinski definition) is 3. The summed E-state index contributed by atoms with van der Waals surface area (Å²) >= 11 is 0. The molecule has 8 nitrogen and oxygen atoms in total. The SMILES string of the molecule is Cc1cc2c(cc1C(=O)N=C(N)N)S(=O)(=O)C(C)(C)/C2=N\O. The molecule has 2 rings (SSSR count). The molecule has 5 N–H and O–H groups in total. The number of aliphatic imine (C=N–C) groups is 1. The normalized spacial score (nSPS) is 19.7. The highest BCUT2D eigenvalue weighted by atomic mass is 32.2. The van der Waals surface area contributed by atoms with Crippen LogP contribution in [-0.2, 0) is 9.84 Å². The first-order chi connectivity index (χ1) is 10.0. The first-order valence-corrected chi connectivity index (χ1v) is 7.78. The molecule has 0 saturated carbocycles. The van der Waals surface area contributed by atoms with Gasteiger partial charge in [-0.15, -0.1) is 0 Å². The summed E-state index contributed by atoms with van der Waals surface area (Å²) in [7, 11) is -3.80. The third-order valence-electron chi connectivity index (χ3n) is 3.67. The summed E-state index contributed by atoms with van der Waals surface area (Å²) in [5.74, 6) is -1.15. The monoisotopic (exact) mass is 324 g/mol. The summed E-state index contributed by atoms with van der Waals surface area (Å²) < 4.78 is 23.8. The van der Waals surface area contributed by atoms with Gasteiger partial charge >= 0.3 is 0 Å². The zero-order chi connectivity index (χ0) is 16.9. The zero-order valence-electron chi connectivity index (χ0n) is 12.3. The summed E-state index contributed by atoms with van der Waals surface area (Å²) in [6, 6.07) is 2.70. The Morgan fingerprint density at radius 3 is 2.36 bits per heavy atom. The minimum atomic E-state index is -3.80. The van der Waals surface area contributed by atoms with E-state index in [1.165, 1.54) is 26.0 Å². The second kappa shape index (κ2) is 4.80. The highest BCUT2D eigenvalue weighted by molar-refractivity contribution is 7.94. The van der Waals surface area contributed by atoms with Crippen molar-refractivity contribution in [2.24, 2.45) is 21.6 Å². The summed E-state index contributed by atoms with van der Waals surface area (Å²) in [6.07, 6.45) is 0. The Morgan fingerprint density at radius 2 is 1.86 bits per heavy atom. The summed E-state index contributed by atoms with van der Waals surface area (Å²) in [5.41, 5.74) is 11.2. The minimum Gasteiger partial charge on any atom is -0.411 e. The predicted octanol–water partition coefficient (Wildman–Crippen LogP) is 0.153. The van der Waals surface area contributed by atoms with E-state index in [-0.39, 0.29) is 21.7 Å². The molecule has 1 heterocycles. The maximum absolute atomic E-state index is 12.6. The van der Waals surface area contributed by atoms with Gasteiger partial charge in [0.15, 0.2) is 15.8 Å². The molecular formula is C13H16N4O4S. The van der Waals surface area contributed by atoms with Crippen molar-refractivity contribution in [3.05, 3.63) is 28.8 Å². The number of guanidine groups is 1. The lowest BCUT2D eigenvalue weighted by Crippen LogP contribution is -2.34. The summed E-state index contributed by atoms with van der Waals surface area (Å²) in [6.45, 7) is 4.48. The minimum absolute atomic E-state index is 0.0337. The molecular weight excluding hydrogens is 308 g/mol. The van der Waals surface area contributed by atoms with Gasteiger partial charge in [0.2, 0.25) is 0 Å². The first kappa shape index (κ1) is 16.0. The molecule has 0 radical (unpaired) electrons. The number of carbonyl (C=O) groups excluding carboxylic acids is 1. The van der Waals surface area contributed by atoms with Crippen LogP contribution in [0.5, 0.6) is 0 Å². The van der Waals surface area contributed by atoms with Crippen LogP contribution in [0.1, 0.15) is 35.3 Å². The van der Waals surface area contributed by atoms with Gasteiger partial charge in [0.1, 0.15) is 10.5 Å². The number of carbonyl (C=O) groups is 1. The van der Waals surface area contributed by atoms with Gasteiger partial charge in [-0.3, -0.25) is 4.79 Å². The van der Waals surface area contributed by atoms with Crippen molar-refractivity contribution in [1.82, 2.24) is 0 Å². The second-order valence-corrected chi connectivity index (χ2v) is 7.93. The molecule has 118 valence electrons. The van der Waals surface area contributed by atoms with Crippen LogP contribution in [0.25, 0.3) is 0 Å². The van der Waals surface area contributed by atoms with E-state index in [0.717, 1.165) is 0 Å². The molecule has 1 amide bonds. The smallest absolute Gasteiger partial charge is 0.280 e. The number of nitrogens with two attached hydrogens (primary N) is 2. The molecule has 0 spiro atoms. The van der Waals surface area contributed by atoms with E-state index in [0.29, 0.717) is 5.56 Å². The molecule has 1 aromatic carbocycles. The third kappa shape index (κ3) is 2.05. The molecule has 0 atom stereocenters. The average Bonchev–Trinajstić information content (AvgIpc) is 2.51. The van der Waals surface area contributed by atoms with Crippen molar-refractivity contribution in [2.45, 2.75) is 30.4 Å². The van der Waals surface area contributed by atoms with E-state index in [1.807, 2.05) is 0 Å². The lowest BCUT2D eigenvalue weighted by atomic mass is 9.96. The van der Waals surface area contributed by atoms with Crippen molar-refractivity contribution >= 4 is 27.4 Å². The Bertz CT molecular complexity index is 834. The van der Waals surface area contributed by atoms with Crippen LogP contribution in [0.4, 0.5) is 0 Å². The molecule has 9 heteroatoms. The number of hydrogen-bond acceptors (Lipinski definition) is 5. The van der Waals surface area contributed by atoms with Gasteiger partial charge in [-0.2, -0.15) is 4.99 Å². The number of nitrogens with zero attached hydrogens (tertiary/aromatic N) is 2. The molecule has 0 bridgehead atoms. The van der Waals surface area contributed by atoms with Crippen molar-refractivity contribution < 1.29 is 18.4 Å². The molecule has 1 aliphatic rings. The van der Waals surface area contributed by atoms with Gasteiger partial charge in [-0.1, -0.05) is 5.16 Å². The highest BCUT2D eigenvalue weighted by Gasteiger charge is 2.50. The fourth-order valence-electron chi connectivity index (χ4n) is 2.40. The van der Waals surface area contributed by atoms with Crippen LogP contribution in [0, 0.1) is 6.92 Å². The number of benzene rings is 1. The molecule has 0 aromatic heterocycles.